The van der Waals surface area contributed by atoms with Crippen molar-refractivity contribution in [2.45, 2.75) is 30.2 Å². The van der Waals surface area contributed by atoms with Crippen molar-refractivity contribution in [3.63, 3.8) is 0 Å². The van der Waals surface area contributed by atoms with E-state index in [1.807, 2.05) is 30.5 Å². The number of nitrogens with one attached hydrogen (secondary N) is 1. The van der Waals surface area contributed by atoms with E-state index in [-0.39, 0.29) is 18.2 Å². The Morgan fingerprint density at radius 3 is 2.47 bits per heavy atom. The van der Waals surface area contributed by atoms with Crippen LogP contribution < -0.4 is 5.32 Å². The van der Waals surface area contributed by atoms with Crippen LogP contribution in [-0.2, 0) is 9.59 Å². The lowest BCUT2D eigenvalue weighted by atomic mass is 10.0. The summed E-state index contributed by atoms with van der Waals surface area (Å²) >= 11 is 1.63. The molecule has 1 aromatic carbocycles. The van der Waals surface area contributed by atoms with Gasteiger partial charge in [0.2, 0.25) is 5.91 Å². The summed E-state index contributed by atoms with van der Waals surface area (Å²) in [5.74, 6) is -0.850. The number of carbonyl (C=O) groups is 2. The fraction of sp³-hybridized carbons (Fsp3) is 0.429. The lowest BCUT2D eigenvalue weighted by molar-refractivity contribution is -0.137. The fourth-order valence-electron chi connectivity index (χ4n) is 1.90. The van der Waals surface area contributed by atoms with E-state index in [4.69, 9.17) is 5.11 Å². The zero-order chi connectivity index (χ0) is 13.8. The van der Waals surface area contributed by atoms with Gasteiger partial charge in [-0.25, -0.2) is 0 Å². The Morgan fingerprint density at radius 2 is 2.00 bits per heavy atom. The molecule has 0 aliphatic heterocycles. The van der Waals surface area contributed by atoms with Crippen LogP contribution in [0, 0.1) is 5.92 Å². The number of rotatable bonds is 6. The summed E-state index contributed by atoms with van der Waals surface area (Å²) < 4.78 is 0. The van der Waals surface area contributed by atoms with E-state index < -0.39 is 12.0 Å². The summed E-state index contributed by atoms with van der Waals surface area (Å²) in [6.45, 7) is 0. The molecule has 1 aliphatic rings. The molecule has 0 radical (unpaired) electrons. The van der Waals surface area contributed by atoms with Crippen molar-refractivity contribution in [2.75, 3.05) is 6.26 Å². The molecule has 19 heavy (non-hydrogen) atoms. The number of carboxylic acids is 1. The van der Waals surface area contributed by atoms with E-state index in [9.17, 15) is 9.59 Å². The van der Waals surface area contributed by atoms with Crippen LogP contribution in [0.4, 0.5) is 0 Å². The smallest absolute Gasteiger partial charge is 0.305 e. The molecule has 1 unspecified atom stereocenters. The first-order chi connectivity index (χ1) is 9.10. The van der Waals surface area contributed by atoms with Crippen molar-refractivity contribution in [2.24, 2.45) is 5.92 Å². The second-order valence-electron chi connectivity index (χ2n) is 4.71. The SMILES string of the molecule is CSc1ccc(C(CC(=O)O)NC(=O)C2CC2)cc1. The van der Waals surface area contributed by atoms with Gasteiger partial charge in [-0.2, -0.15) is 0 Å². The van der Waals surface area contributed by atoms with Crippen LogP contribution in [0.1, 0.15) is 30.9 Å². The number of carboxylic acid groups (broad SMARTS) is 1. The van der Waals surface area contributed by atoms with E-state index in [2.05, 4.69) is 5.32 Å². The minimum absolute atomic E-state index is 0.0276. The summed E-state index contributed by atoms with van der Waals surface area (Å²) in [5, 5.41) is 11.8. The maximum Gasteiger partial charge on any atom is 0.305 e. The number of thioether (sulfide) groups is 1. The molecule has 102 valence electrons. The lowest BCUT2D eigenvalue weighted by Crippen LogP contribution is -2.31. The zero-order valence-electron chi connectivity index (χ0n) is 10.8. The molecule has 1 saturated carbocycles. The van der Waals surface area contributed by atoms with E-state index in [1.54, 1.807) is 11.8 Å². The highest BCUT2D eigenvalue weighted by atomic mass is 32.2. The first-order valence-corrected chi connectivity index (χ1v) is 7.48. The molecule has 4 nitrogen and oxygen atoms in total. The largest absolute Gasteiger partial charge is 0.481 e. The van der Waals surface area contributed by atoms with Gasteiger partial charge in [0.05, 0.1) is 12.5 Å². The average Bonchev–Trinajstić information content (AvgIpc) is 3.22. The maximum absolute atomic E-state index is 11.8. The third-order valence-corrected chi connectivity index (χ3v) is 3.91. The molecule has 1 fully saturated rings. The summed E-state index contributed by atoms with van der Waals surface area (Å²) in [7, 11) is 0. The highest BCUT2D eigenvalue weighted by Gasteiger charge is 2.31. The van der Waals surface area contributed by atoms with Crippen molar-refractivity contribution < 1.29 is 14.7 Å². The first-order valence-electron chi connectivity index (χ1n) is 6.26. The molecule has 1 amide bonds. The Bertz CT molecular complexity index is 468. The van der Waals surface area contributed by atoms with Gasteiger partial charge in [0.1, 0.15) is 0 Å². The molecule has 0 heterocycles. The molecule has 0 bridgehead atoms. The van der Waals surface area contributed by atoms with Crippen molar-refractivity contribution >= 4 is 23.6 Å². The molecular formula is C14H17NO3S. The van der Waals surface area contributed by atoms with Gasteiger partial charge in [0.25, 0.3) is 0 Å². The van der Waals surface area contributed by atoms with Crippen LogP contribution in [-0.4, -0.2) is 23.2 Å². The Hall–Kier alpha value is -1.49. The lowest BCUT2D eigenvalue weighted by Gasteiger charge is -2.17. The predicted molar refractivity (Wildman–Crippen MR) is 74.1 cm³/mol. The van der Waals surface area contributed by atoms with Gasteiger partial charge in [-0.3, -0.25) is 9.59 Å². The molecule has 1 atom stereocenters. The van der Waals surface area contributed by atoms with Crippen molar-refractivity contribution in [3.05, 3.63) is 29.8 Å². The second-order valence-corrected chi connectivity index (χ2v) is 5.59. The van der Waals surface area contributed by atoms with Gasteiger partial charge in [-0.05, 0) is 36.8 Å². The third kappa shape index (κ3) is 3.99. The second kappa shape index (κ2) is 6.10. The maximum atomic E-state index is 11.8. The third-order valence-electron chi connectivity index (χ3n) is 3.16. The molecule has 1 aliphatic carbocycles. The van der Waals surface area contributed by atoms with Gasteiger partial charge in [-0.1, -0.05) is 12.1 Å². The van der Waals surface area contributed by atoms with Gasteiger partial charge >= 0.3 is 5.97 Å². The molecule has 0 saturated heterocycles. The molecule has 0 aromatic heterocycles. The fourth-order valence-corrected chi connectivity index (χ4v) is 2.31. The molecule has 2 N–H and O–H groups in total. The van der Waals surface area contributed by atoms with E-state index in [0.717, 1.165) is 23.3 Å². The number of aliphatic carboxylic acids is 1. The van der Waals surface area contributed by atoms with Crippen LogP contribution in [0.25, 0.3) is 0 Å². The molecule has 2 rings (SSSR count). The highest BCUT2D eigenvalue weighted by Crippen LogP contribution is 2.30. The number of hydrogen-bond donors (Lipinski definition) is 2. The van der Waals surface area contributed by atoms with Crippen LogP contribution >= 0.6 is 11.8 Å². The zero-order valence-corrected chi connectivity index (χ0v) is 11.6. The van der Waals surface area contributed by atoms with Gasteiger partial charge in [0.15, 0.2) is 0 Å². The van der Waals surface area contributed by atoms with Gasteiger partial charge < -0.3 is 10.4 Å². The summed E-state index contributed by atoms with van der Waals surface area (Å²) in [4.78, 5) is 23.8. The number of carbonyl (C=O) groups excluding carboxylic acids is 1. The minimum Gasteiger partial charge on any atom is -0.481 e. The van der Waals surface area contributed by atoms with Gasteiger partial charge in [0, 0.05) is 10.8 Å². The molecule has 1 aromatic rings. The standard InChI is InChI=1S/C14H17NO3S/c1-19-11-6-4-9(5-7-11)12(8-13(16)17)15-14(18)10-2-3-10/h4-7,10,12H,2-3,8H2,1H3,(H,15,18)(H,16,17). The van der Waals surface area contributed by atoms with Crippen molar-refractivity contribution in [1.29, 1.82) is 0 Å². The Morgan fingerprint density at radius 1 is 1.37 bits per heavy atom. The first kappa shape index (κ1) is 13.9. The average molecular weight is 279 g/mol. The topological polar surface area (TPSA) is 66.4 Å². The quantitative estimate of drug-likeness (QED) is 0.785. The number of benzene rings is 1. The van der Waals surface area contributed by atoms with Gasteiger partial charge in [-0.15, -0.1) is 11.8 Å². The number of hydrogen-bond acceptors (Lipinski definition) is 3. The number of amides is 1. The summed E-state index contributed by atoms with van der Waals surface area (Å²) in [6.07, 6.45) is 3.73. The van der Waals surface area contributed by atoms with Crippen LogP contribution in [0.15, 0.2) is 29.2 Å². The van der Waals surface area contributed by atoms with Crippen LogP contribution in [0.3, 0.4) is 0 Å². The van der Waals surface area contributed by atoms with Crippen molar-refractivity contribution in [1.82, 2.24) is 5.32 Å². The Balaban J connectivity index is 2.10. The van der Waals surface area contributed by atoms with E-state index >= 15 is 0 Å². The summed E-state index contributed by atoms with van der Waals surface area (Å²) in [5.41, 5.74) is 0.842. The Kier molecular flexibility index (Phi) is 4.47. The van der Waals surface area contributed by atoms with E-state index in [1.165, 1.54) is 0 Å². The Labute approximate surface area is 116 Å². The van der Waals surface area contributed by atoms with Crippen LogP contribution in [0.2, 0.25) is 0 Å². The van der Waals surface area contributed by atoms with Crippen molar-refractivity contribution in [3.8, 4) is 0 Å². The molecule has 0 spiro atoms. The molecule has 5 heteroatoms. The monoisotopic (exact) mass is 279 g/mol. The summed E-state index contributed by atoms with van der Waals surface area (Å²) in [6, 6.07) is 7.21. The molecular weight excluding hydrogens is 262 g/mol. The minimum atomic E-state index is -0.907. The van der Waals surface area contributed by atoms with E-state index in [0.29, 0.717) is 0 Å². The normalized spacial score (nSPS) is 15.8. The van der Waals surface area contributed by atoms with Crippen LogP contribution in [0.5, 0.6) is 0 Å². The predicted octanol–water partition coefficient (Wildman–Crippen LogP) is 2.45. The highest BCUT2D eigenvalue weighted by molar-refractivity contribution is 7.98.